The van der Waals surface area contributed by atoms with Crippen molar-refractivity contribution >= 4 is 22.6 Å². The number of nitrogens with zero attached hydrogens (tertiary/aromatic N) is 3. The first kappa shape index (κ1) is 21.5. The molecule has 4 rings (SSSR count). The number of pyridine rings is 2. The molecule has 32 heavy (non-hydrogen) atoms. The molecule has 3 aromatic heterocycles. The highest BCUT2D eigenvalue weighted by Gasteiger charge is 2.21. The molecule has 1 atom stereocenters. The number of hydrogen-bond acceptors (Lipinski definition) is 4. The summed E-state index contributed by atoms with van der Waals surface area (Å²) in [5.41, 5.74) is 2.70. The Morgan fingerprint density at radius 2 is 1.91 bits per heavy atom. The van der Waals surface area contributed by atoms with Crippen LogP contribution in [0.4, 0.5) is 0 Å². The Hall–Kier alpha value is -3.74. The van der Waals surface area contributed by atoms with Crippen molar-refractivity contribution in [1.29, 1.82) is 5.41 Å². The van der Waals surface area contributed by atoms with Gasteiger partial charge in [-0.1, -0.05) is 49.7 Å². The maximum Gasteiger partial charge on any atom is 0.267 e. The van der Waals surface area contributed by atoms with Gasteiger partial charge in [0.15, 0.2) is 0 Å². The van der Waals surface area contributed by atoms with Crippen LogP contribution in [0.1, 0.15) is 54.2 Å². The van der Waals surface area contributed by atoms with Crippen molar-refractivity contribution in [3.8, 4) is 0 Å². The lowest BCUT2D eigenvalue weighted by atomic mass is 10.1. The van der Waals surface area contributed by atoms with E-state index in [0.29, 0.717) is 23.2 Å². The van der Waals surface area contributed by atoms with Gasteiger partial charge < -0.3 is 9.88 Å². The van der Waals surface area contributed by atoms with Crippen molar-refractivity contribution in [2.75, 3.05) is 6.54 Å². The zero-order valence-corrected chi connectivity index (χ0v) is 18.6. The highest BCUT2D eigenvalue weighted by atomic mass is 16.1. The van der Waals surface area contributed by atoms with Gasteiger partial charge in [0.25, 0.3) is 11.5 Å². The highest BCUT2D eigenvalue weighted by molar-refractivity contribution is 5.96. The van der Waals surface area contributed by atoms with E-state index < -0.39 is 0 Å². The van der Waals surface area contributed by atoms with Crippen molar-refractivity contribution in [1.82, 2.24) is 19.3 Å². The van der Waals surface area contributed by atoms with Gasteiger partial charge in [-0.05, 0) is 43.5 Å². The first-order valence-corrected chi connectivity index (χ1v) is 10.9. The van der Waals surface area contributed by atoms with Crippen LogP contribution in [0, 0.1) is 12.3 Å². The lowest BCUT2D eigenvalue weighted by Gasteiger charge is -2.21. The largest absolute Gasteiger partial charge is 0.352 e. The molecule has 0 aliphatic heterocycles. The van der Waals surface area contributed by atoms with Crippen LogP contribution >= 0.6 is 0 Å². The van der Waals surface area contributed by atoms with Crippen LogP contribution in [-0.4, -0.2) is 26.4 Å². The fourth-order valence-electron chi connectivity index (χ4n) is 3.96. The Morgan fingerprint density at radius 1 is 1.16 bits per heavy atom. The third-order valence-electron chi connectivity index (χ3n) is 5.81. The number of benzene rings is 1. The second kappa shape index (κ2) is 8.78. The van der Waals surface area contributed by atoms with Crippen molar-refractivity contribution in [3.63, 3.8) is 0 Å². The average molecular weight is 430 g/mol. The van der Waals surface area contributed by atoms with E-state index in [4.69, 9.17) is 10.4 Å². The van der Waals surface area contributed by atoms with E-state index in [1.807, 2.05) is 57.2 Å². The molecule has 7 heteroatoms. The van der Waals surface area contributed by atoms with Gasteiger partial charge in [0, 0.05) is 12.7 Å². The van der Waals surface area contributed by atoms with E-state index in [2.05, 4.69) is 5.32 Å². The zero-order valence-electron chi connectivity index (χ0n) is 18.6. The van der Waals surface area contributed by atoms with Crippen LogP contribution in [0.2, 0.25) is 0 Å². The zero-order chi connectivity index (χ0) is 22.8. The van der Waals surface area contributed by atoms with Crippen molar-refractivity contribution in [2.45, 2.75) is 39.7 Å². The predicted octanol–water partition coefficient (Wildman–Crippen LogP) is 3.58. The Bertz CT molecular complexity index is 1420. The molecule has 0 bridgehead atoms. The molecular weight excluding hydrogens is 402 g/mol. The number of rotatable bonds is 6. The van der Waals surface area contributed by atoms with Crippen LogP contribution in [0.25, 0.3) is 16.7 Å². The summed E-state index contributed by atoms with van der Waals surface area (Å²) in [5, 5.41) is 12.1. The molecule has 0 spiro atoms. The molecule has 1 aromatic carbocycles. The molecule has 4 aromatic rings. The van der Waals surface area contributed by atoms with Crippen molar-refractivity contribution < 1.29 is 4.79 Å². The summed E-state index contributed by atoms with van der Waals surface area (Å²) in [5.74, 6) is -0.354. The monoisotopic (exact) mass is 429 g/mol. The maximum absolute atomic E-state index is 13.4. The normalized spacial score (nSPS) is 12.2. The molecule has 0 radical (unpaired) electrons. The average Bonchev–Trinajstić information content (AvgIpc) is 2.80. The minimum atomic E-state index is -0.354. The van der Waals surface area contributed by atoms with Crippen LogP contribution in [-0.2, 0) is 0 Å². The molecule has 0 saturated heterocycles. The second-order valence-corrected chi connectivity index (χ2v) is 8.01. The summed E-state index contributed by atoms with van der Waals surface area (Å²) in [6, 6.07) is 14.6. The van der Waals surface area contributed by atoms with Gasteiger partial charge >= 0.3 is 0 Å². The number of carbonyl (C=O) groups excluding carboxylic acids is 1. The lowest BCUT2D eigenvalue weighted by molar-refractivity contribution is 0.0950. The van der Waals surface area contributed by atoms with Crippen LogP contribution in [0.3, 0.4) is 0 Å². The number of carbonyl (C=O) groups is 1. The third kappa shape index (κ3) is 3.70. The summed E-state index contributed by atoms with van der Waals surface area (Å²) >= 11 is 0. The predicted molar refractivity (Wildman–Crippen MR) is 125 cm³/mol. The van der Waals surface area contributed by atoms with E-state index in [-0.39, 0.29) is 28.6 Å². The fourth-order valence-corrected chi connectivity index (χ4v) is 3.96. The molecule has 0 saturated carbocycles. The molecule has 0 aliphatic carbocycles. The lowest BCUT2D eigenvalue weighted by Crippen LogP contribution is -2.36. The summed E-state index contributed by atoms with van der Waals surface area (Å²) in [6.45, 7) is 6.42. The third-order valence-corrected chi connectivity index (χ3v) is 5.81. The van der Waals surface area contributed by atoms with Crippen molar-refractivity contribution in [3.05, 3.63) is 87.3 Å². The minimum absolute atomic E-state index is 0.0349. The van der Waals surface area contributed by atoms with E-state index in [9.17, 15) is 9.59 Å². The van der Waals surface area contributed by atoms with Gasteiger partial charge in [0.1, 0.15) is 16.8 Å². The molecule has 2 N–H and O–H groups in total. The molecular formula is C25H27N5O2. The van der Waals surface area contributed by atoms with Gasteiger partial charge in [0.05, 0.1) is 17.0 Å². The number of aryl methyl sites for hydroxylation is 1. The van der Waals surface area contributed by atoms with Gasteiger partial charge in [-0.3, -0.25) is 19.4 Å². The molecule has 7 nitrogen and oxygen atoms in total. The van der Waals surface area contributed by atoms with Gasteiger partial charge in [-0.2, -0.15) is 0 Å². The molecule has 1 unspecified atom stereocenters. The van der Waals surface area contributed by atoms with E-state index >= 15 is 0 Å². The summed E-state index contributed by atoms with van der Waals surface area (Å²) in [4.78, 5) is 31.2. The Labute approximate surface area is 185 Å². The fraction of sp³-hybridized carbons (Fsp3) is 0.280. The standard InChI is InChI=1S/C25H27N5O2/c1-4-5-13-27-24(31)19-15-20-23(28-22-16(2)10-9-14-29(22)25(20)32)30(21(19)26)17(3)18-11-7-6-8-12-18/h6-12,14-15,17,26H,4-5,13H2,1-3H3,(H,27,31). The minimum Gasteiger partial charge on any atom is -0.352 e. The molecule has 3 heterocycles. The van der Waals surface area contributed by atoms with Crippen molar-refractivity contribution in [2.24, 2.45) is 0 Å². The number of unbranched alkanes of at least 4 members (excludes halogenated alkanes) is 1. The quantitative estimate of drug-likeness (QED) is 0.362. The smallest absolute Gasteiger partial charge is 0.267 e. The van der Waals surface area contributed by atoms with Crippen LogP contribution in [0.5, 0.6) is 0 Å². The summed E-state index contributed by atoms with van der Waals surface area (Å²) in [7, 11) is 0. The first-order chi connectivity index (χ1) is 15.4. The summed E-state index contributed by atoms with van der Waals surface area (Å²) in [6.07, 6.45) is 3.48. The van der Waals surface area contributed by atoms with E-state index in [1.165, 1.54) is 10.5 Å². The van der Waals surface area contributed by atoms with Gasteiger partial charge in [-0.15, -0.1) is 0 Å². The second-order valence-electron chi connectivity index (χ2n) is 8.01. The van der Waals surface area contributed by atoms with E-state index in [1.54, 1.807) is 16.8 Å². The maximum atomic E-state index is 13.4. The number of aromatic nitrogens is 3. The Balaban J connectivity index is 2.05. The van der Waals surface area contributed by atoms with Gasteiger partial charge in [-0.25, -0.2) is 4.98 Å². The molecule has 164 valence electrons. The van der Waals surface area contributed by atoms with Crippen LogP contribution < -0.4 is 16.4 Å². The number of nitrogens with one attached hydrogen (secondary N) is 2. The topological polar surface area (TPSA) is 92.2 Å². The summed E-state index contributed by atoms with van der Waals surface area (Å²) < 4.78 is 3.19. The number of amides is 1. The number of hydrogen-bond donors (Lipinski definition) is 2. The van der Waals surface area contributed by atoms with E-state index in [0.717, 1.165) is 24.0 Å². The Morgan fingerprint density at radius 3 is 2.62 bits per heavy atom. The molecule has 0 aliphatic rings. The molecule has 1 amide bonds. The first-order valence-electron chi connectivity index (χ1n) is 10.9. The molecule has 0 fully saturated rings. The van der Waals surface area contributed by atoms with Crippen LogP contribution in [0.15, 0.2) is 59.5 Å². The Kier molecular flexibility index (Phi) is 5.90. The highest BCUT2D eigenvalue weighted by Crippen LogP contribution is 2.21. The SMILES string of the molecule is CCCCNC(=O)c1cc2c(=O)n3cccc(C)c3nc2n(C(C)c2ccccc2)c1=N. The number of fused-ring (bicyclic) bond motifs is 2. The van der Waals surface area contributed by atoms with Gasteiger partial charge in [0.2, 0.25) is 0 Å².